The van der Waals surface area contributed by atoms with Crippen LogP contribution in [0.15, 0.2) is 46.7 Å². The molecule has 0 radical (unpaired) electrons. The predicted octanol–water partition coefficient (Wildman–Crippen LogP) is 1.01. The number of fused-ring (bicyclic) bond motifs is 3. The van der Waals surface area contributed by atoms with Gasteiger partial charge in [0.05, 0.1) is 13.2 Å². The summed E-state index contributed by atoms with van der Waals surface area (Å²) in [6.45, 7) is 4.51. The van der Waals surface area contributed by atoms with Crippen LogP contribution in [0.25, 0.3) is 0 Å². The van der Waals surface area contributed by atoms with E-state index in [-0.39, 0.29) is 25.1 Å². The summed E-state index contributed by atoms with van der Waals surface area (Å²) in [5.41, 5.74) is 2.78. The molecule has 142 valence electrons. The average Bonchev–Trinajstić information content (AvgIpc) is 3.16. The lowest BCUT2D eigenvalue weighted by Crippen LogP contribution is -2.64. The normalized spacial score (nSPS) is 24.7. The van der Waals surface area contributed by atoms with E-state index in [1.54, 1.807) is 7.05 Å². The van der Waals surface area contributed by atoms with E-state index in [9.17, 15) is 14.7 Å². The van der Waals surface area contributed by atoms with Gasteiger partial charge in [0.25, 0.3) is 5.91 Å². The number of rotatable bonds is 4. The van der Waals surface area contributed by atoms with Crippen LogP contribution in [0.4, 0.5) is 4.79 Å². The third kappa shape index (κ3) is 2.51. The molecule has 27 heavy (non-hydrogen) atoms. The number of amides is 3. The Balaban J connectivity index is 1.68. The molecule has 0 saturated carbocycles. The summed E-state index contributed by atoms with van der Waals surface area (Å²) in [6.07, 6.45) is -0.559. The Morgan fingerprint density at radius 2 is 1.78 bits per heavy atom. The number of carbonyl (C=O) groups is 2. The average molecular weight is 369 g/mol. The van der Waals surface area contributed by atoms with Gasteiger partial charge in [-0.15, -0.1) is 0 Å². The molecule has 1 N–H and O–H groups in total. The number of imide groups is 1. The van der Waals surface area contributed by atoms with Gasteiger partial charge in [0.2, 0.25) is 5.96 Å². The van der Waals surface area contributed by atoms with E-state index in [2.05, 4.69) is 4.99 Å². The molecular formula is C19H23N5O3. The number of urea groups is 1. The Bertz CT molecular complexity index is 850. The van der Waals surface area contributed by atoms with Gasteiger partial charge in [-0.05, 0) is 19.4 Å². The zero-order chi connectivity index (χ0) is 19.3. The van der Waals surface area contributed by atoms with Crippen molar-refractivity contribution in [3.63, 3.8) is 0 Å². The first kappa shape index (κ1) is 17.5. The van der Waals surface area contributed by atoms with E-state index in [1.165, 1.54) is 9.80 Å². The highest BCUT2D eigenvalue weighted by Gasteiger charge is 2.55. The van der Waals surface area contributed by atoms with Crippen molar-refractivity contribution in [3.05, 3.63) is 47.3 Å². The zero-order valence-corrected chi connectivity index (χ0v) is 15.7. The van der Waals surface area contributed by atoms with Crippen LogP contribution in [0.2, 0.25) is 0 Å². The number of hydrogen-bond donors (Lipinski definition) is 1. The number of allylic oxidation sites excluding steroid dienone is 2. The number of benzene rings is 1. The monoisotopic (exact) mass is 369 g/mol. The molecule has 0 aliphatic carbocycles. The Morgan fingerprint density at radius 3 is 2.44 bits per heavy atom. The van der Waals surface area contributed by atoms with Gasteiger partial charge < -0.3 is 14.9 Å². The molecule has 8 nitrogen and oxygen atoms in total. The number of likely N-dealkylation sites (N-methyl/N-ethyl adjacent to an activating group) is 1. The lowest BCUT2D eigenvalue weighted by atomic mass is 10.1. The van der Waals surface area contributed by atoms with Crippen LogP contribution in [0.5, 0.6) is 0 Å². The number of aliphatic imine (C=N–C) groups is 1. The predicted molar refractivity (Wildman–Crippen MR) is 99.2 cm³/mol. The number of guanidine groups is 1. The van der Waals surface area contributed by atoms with E-state index in [0.717, 1.165) is 17.0 Å². The largest absolute Gasteiger partial charge is 0.395 e. The molecule has 1 aromatic carbocycles. The Hall–Kier alpha value is -2.87. The molecule has 3 heterocycles. The number of hydrogen-bond acceptors (Lipinski definition) is 6. The van der Waals surface area contributed by atoms with Crippen molar-refractivity contribution in [2.75, 3.05) is 20.2 Å². The highest BCUT2D eigenvalue weighted by Crippen LogP contribution is 2.37. The highest BCUT2D eigenvalue weighted by atomic mass is 16.3. The molecule has 0 bridgehead atoms. The molecule has 8 heteroatoms. The molecule has 3 aliphatic heterocycles. The van der Waals surface area contributed by atoms with Crippen LogP contribution in [0.1, 0.15) is 19.4 Å². The van der Waals surface area contributed by atoms with Crippen LogP contribution in [0, 0.1) is 0 Å². The maximum Gasteiger partial charge on any atom is 0.328 e. The van der Waals surface area contributed by atoms with Crippen LogP contribution >= 0.6 is 0 Å². The molecule has 1 saturated heterocycles. The fraction of sp³-hybridized carbons (Fsp3) is 0.421. The molecule has 2 unspecified atom stereocenters. The number of β-amino-alcohol motifs (C(OH)–C–C–N with tert-alkyl or cyclic N) is 1. The van der Waals surface area contributed by atoms with E-state index in [0.29, 0.717) is 12.5 Å². The topological polar surface area (TPSA) is 79.7 Å². The first-order valence-corrected chi connectivity index (χ1v) is 9.00. The minimum Gasteiger partial charge on any atom is -0.395 e. The van der Waals surface area contributed by atoms with Crippen molar-refractivity contribution in [1.29, 1.82) is 0 Å². The summed E-state index contributed by atoms with van der Waals surface area (Å²) in [7, 11) is 1.68. The van der Waals surface area contributed by atoms with E-state index >= 15 is 0 Å². The molecule has 0 spiro atoms. The molecular weight excluding hydrogens is 346 g/mol. The number of nitrogens with zero attached hydrogens (tertiary/aromatic N) is 5. The summed E-state index contributed by atoms with van der Waals surface area (Å²) in [5.74, 6) is 0.382. The first-order chi connectivity index (χ1) is 13.0. The quantitative estimate of drug-likeness (QED) is 0.857. The fourth-order valence-electron chi connectivity index (χ4n) is 3.96. The highest BCUT2D eigenvalue weighted by molar-refractivity contribution is 6.05. The van der Waals surface area contributed by atoms with Crippen molar-refractivity contribution >= 4 is 17.9 Å². The number of carbonyl (C=O) groups excluding carboxylic acids is 2. The summed E-state index contributed by atoms with van der Waals surface area (Å²) in [6, 6.07) is 8.56. The van der Waals surface area contributed by atoms with Crippen LogP contribution in [-0.4, -0.2) is 75.0 Å². The number of aliphatic hydroxyl groups excluding tert-OH is 1. The van der Waals surface area contributed by atoms with Crippen molar-refractivity contribution in [2.45, 2.75) is 32.6 Å². The summed E-state index contributed by atoms with van der Waals surface area (Å²) >= 11 is 0. The third-order valence-electron chi connectivity index (χ3n) is 5.51. The Kier molecular flexibility index (Phi) is 4.15. The van der Waals surface area contributed by atoms with Gasteiger partial charge in [-0.2, -0.15) is 0 Å². The number of aliphatic hydroxyl groups is 1. The molecule has 3 aliphatic rings. The second-order valence-corrected chi connectivity index (χ2v) is 7.01. The van der Waals surface area contributed by atoms with Gasteiger partial charge in [-0.25, -0.2) is 9.79 Å². The van der Waals surface area contributed by atoms with Gasteiger partial charge in [-0.3, -0.25) is 14.6 Å². The summed E-state index contributed by atoms with van der Waals surface area (Å²) < 4.78 is 0. The van der Waals surface area contributed by atoms with E-state index < -0.39 is 12.2 Å². The molecule has 2 atom stereocenters. The van der Waals surface area contributed by atoms with Crippen LogP contribution in [-0.2, 0) is 11.3 Å². The fourth-order valence-corrected chi connectivity index (χ4v) is 3.96. The molecule has 0 aromatic heterocycles. The summed E-state index contributed by atoms with van der Waals surface area (Å²) in [5, 5.41) is 9.38. The summed E-state index contributed by atoms with van der Waals surface area (Å²) in [4.78, 5) is 37.4. The minimum atomic E-state index is -0.579. The third-order valence-corrected chi connectivity index (χ3v) is 5.51. The SMILES string of the molecule is CC1=C(C)N2C(=NC3C2C(=O)N(Cc2ccccc2)C(=O)N3C)N1CCO. The zero-order valence-electron chi connectivity index (χ0n) is 15.7. The maximum atomic E-state index is 13.3. The van der Waals surface area contributed by atoms with Crippen molar-refractivity contribution in [2.24, 2.45) is 4.99 Å². The smallest absolute Gasteiger partial charge is 0.328 e. The Labute approximate surface area is 158 Å². The van der Waals surface area contributed by atoms with Crippen molar-refractivity contribution < 1.29 is 14.7 Å². The van der Waals surface area contributed by atoms with Crippen LogP contribution in [0.3, 0.4) is 0 Å². The van der Waals surface area contributed by atoms with Gasteiger partial charge in [0.15, 0.2) is 12.2 Å². The standard InChI is InChI=1S/C19H23N5O3/c1-12-13(2)24-15-16(20-18(24)22(12)9-10-25)21(3)19(27)23(17(15)26)11-14-7-5-4-6-8-14/h4-8,15-16,25H,9-11H2,1-3H3. The molecule has 1 aromatic rings. The van der Waals surface area contributed by atoms with E-state index in [4.69, 9.17) is 0 Å². The molecule has 4 rings (SSSR count). The van der Waals surface area contributed by atoms with Crippen molar-refractivity contribution in [1.82, 2.24) is 19.6 Å². The first-order valence-electron chi connectivity index (χ1n) is 9.00. The second kappa shape index (κ2) is 6.38. The molecule has 3 amide bonds. The Morgan fingerprint density at radius 1 is 1.07 bits per heavy atom. The minimum absolute atomic E-state index is 0.0182. The van der Waals surface area contributed by atoms with Crippen molar-refractivity contribution in [3.8, 4) is 0 Å². The molecule has 1 fully saturated rings. The van der Waals surface area contributed by atoms with Gasteiger partial charge in [0, 0.05) is 25.0 Å². The van der Waals surface area contributed by atoms with E-state index in [1.807, 2.05) is 54.0 Å². The van der Waals surface area contributed by atoms with Gasteiger partial charge in [0.1, 0.15) is 0 Å². The maximum absolute atomic E-state index is 13.3. The van der Waals surface area contributed by atoms with Gasteiger partial charge >= 0.3 is 6.03 Å². The lowest BCUT2D eigenvalue weighted by molar-refractivity contribution is -0.137. The van der Waals surface area contributed by atoms with Crippen LogP contribution < -0.4 is 0 Å². The van der Waals surface area contributed by atoms with Gasteiger partial charge in [-0.1, -0.05) is 30.3 Å². The second-order valence-electron chi connectivity index (χ2n) is 7.01. The lowest BCUT2D eigenvalue weighted by Gasteiger charge is -2.40.